The first-order valence-corrected chi connectivity index (χ1v) is 6.48. The van der Waals surface area contributed by atoms with E-state index in [4.69, 9.17) is 5.73 Å². The summed E-state index contributed by atoms with van der Waals surface area (Å²) in [6, 6.07) is -0.131. The SMILES string of the molecule is CC(C)C(N)c1cn(CC(=O)NCC2CC2)nn1. The molecule has 1 saturated carbocycles. The van der Waals surface area contributed by atoms with Crippen LogP contribution in [0.2, 0.25) is 0 Å². The van der Waals surface area contributed by atoms with Gasteiger partial charge in [-0.15, -0.1) is 5.10 Å². The van der Waals surface area contributed by atoms with Crippen molar-refractivity contribution >= 4 is 5.91 Å². The van der Waals surface area contributed by atoms with E-state index in [1.54, 1.807) is 10.9 Å². The van der Waals surface area contributed by atoms with Gasteiger partial charge in [-0.1, -0.05) is 19.1 Å². The normalized spacial score (nSPS) is 16.9. The average molecular weight is 251 g/mol. The third-order valence-electron chi connectivity index (χ3n) is 3.21. The first-order chi connectivity index (χ1) is 8.56. The number of nitrogens with two attached hydrogens (primary N) is 1. The van der Waals surface area contributed by atoms with Gasteiger partial charge in [0, 0.05) is 6.54 Å². The summed E-state index contributed by atoms with van der Waals surface area (Å²) >= 11 is 0. The number of hydrogen-bond acceptors (Lipinski definition) is 4. The third kappa shape index (κ3) is 3.53. The molecule has 1 aromatic heterocycles. The Balaban J connectivity index is 1.83. The van der Waals surface area contributed by atoms with Crippen molar-refractivity contribution in [2.24, 2.45) is 17.6 Å². The monoisotopic (exact) mass is 251 g/mol. The van der Waals surface area contributed by atoms with Gasteiger partial charge in [-0.2, -0.15) is 0 Å². The zero-order valence-corrected chi connectivity index (χ0v) is 11.0. The minimum absolute atomic E-state index is 0.0172. The number of aromatic nitrogens is 3. The highest BCUT2D eigenvalue weighted by Gasteiger charge is 2.21. The largest absolute Gasteiger partial charge is 0.354 e. The minimum Gasteiger partial charge on any atom is -0.354 e. The Morgan fingerprint density at radius 1 is 1.61 bits per heavy atom. The van der Waals surface area contributed by atoms with Crippen molar-refractivity contribution in [2.45, 2.75) is 39.3 Å². The fourth-order valence-corrected chi connectivity index (χ4v) is 1.67. The Kier molecular flexibility index (Phi) is 3.96. The number of carbonyl (C=O) groups excluding carboxylic acids is 1. The minimum atomic E-state index is -0.131. The number of nitrogens with zero attached hydrogens (tertiary/aromatic N) is 3. The smallest absolute Gasteiger partial charge is 0.241 e. The Morgan fingerprint density at radius 2 is 2.33 bits per heavy atom. The number of rotatable bonds is 6. The molecule has 0 radical (unpaired) electrons. The Labute approximate surface area is 107 Å². The molecule has 0 spiro atoms. The van der Waals surface area contributed by atoms with E-state index in [9.17, 15) is 4.79 Å². The summed E-state index contributed by atoms with van der Waals surface area (Å²) in [7, 11) is 0. The van der Waals surface area contributed by atoms with Crippen LogP contribution in [0.4, 0.5) is 0 Å². The van der Waals surface area contributed by atoms with E-state index in [1.807, 2.05) is 13.8 Å². The molecule has 18 heavy (non-hydrogen) atoms. The molecule has 100 valence electrons. The van der Waals surface area contributed by atoms with Crippen LogP contribution < -0.4 is 11.1 Å². The van der Waals surface area contributed by atoms with Gasteiger partial charge in [-0.3, -0.25) is 4.79 Å². The lowest BCUT2D eigenvalue weighted by Gasteiger charge is -2.11. The predicted molar refractivity (Wildman–Crippen MR) is 67.5 cm³/mol. The molecule has 1 heterocycles. The molecule has 1 atom stereocenters. The van der Waals surface area contributed by atoms with Crippen molar-refractivity contribution in [1.29, 1.82) is 0 Å². The van der Waals surface area contributed by atoms with Crippen LogP contribution in [-0.4, -0.2) is 27.4 Å². The van der Waals surface area contributed by atoms with E-state index in [0.29, 0.717) is 11.8 Å². The lowest BCUT2D eigenvalue weighted by atomic mass is 10.0. The highest BCUT2D eigenvalue weighted by molar-refractivity contribution is 5.75. The van der Waals surface area contributed by atoms with Crippen LogP contribution >= 0.6 is 0 Å². The van der Waals surface area contributed by atoms with Gasteiger partial charge in [0.05, 0.1) is 17.9 Å². The molecule has 6 heteroatoms. The Hall–Kier alpha value is -1.43. The van der Waals surface area contributed by atoms with E-state index in [-0.39, 0.29) is 18.5 Å². The number of carbonyl (C=O) groups is 1. The summed E-state index contributed by atoms with van der Waals surface area (Å²) in [5, 5.41) is 10.8. The van der Waals surface area contributed by atoms with E-state index in [2.05, 4.69) is 15.6 Å². The standard InChI is InChI=1S/C12H21N5O/c1-8(2)12(13)10-6-17(16-15-10)7-11(18)14-5-9-3-4-9/h6,8-9,12H,3-5,7,13H2,1-2H3,(H,14,18). The predicted octanol–water partition coefficient (Wildman–Crippen LogP) is 0.460. The maximum absolute atomic E-state index is 11.6. The van der Waals surface area contributed by atoms with Crippen molar-refractivity contribution < 1.29 is 4.79 Å². The van der Waals surface area contributed by atoms with Gasteiger partial charge in [0.1, 0.15) is 6.54 Å². The highest BCUT2D eigenvalue weighted by Crippen LogP contribution is 2.27. The van der Waals surface area contributed by atoms with E-state index in [0.717, 1.165) is 12.2 Å². The molecular formula is C12H21N5O. The van der Waals surface area contributed by atoms with Crippen LogP contribution in [0.25, 0.3) is 0 Å². The number of nitrogens with one attached hydrogen (secondary N) is 1. The molecule has 6 nitrogen and oxygen atoms in total. The topological polar surface area (TPSA) is 85.8 Å². The summed E-state index contributed by atoms with van der Waals surface area (Å²) in [6.07, 6.45) is 4.22. The van der Waals surface area contributed by atoms with Gasteiger partial charge >= 0.3 is 0 Å². The second kappa shape index (κ2) is 5.48. The maximum Gasteiger partial charge on any atom is 0.241 e. The third-order valence-corrected chi connectivity index (χ3v) is 3.21. The first kappa shape index (κ1) is 13.0. The summed E-state index contributed by atoms with van der Waals surface area (Å²) in [4.78, 5) is 11.6. The van der Waals surface area contributed by atoms with Crippen LogP contribution in [0.1, 0.15) is 38.4 Å². The van der Waals surface area contributed by atoms with Gasteiger partial charge in [-0.25, -0.2) is 4.68 Å². The van der Waals surface area contributed by atoms with Crippen LogP contribution in [0.3, 0.4) is 0 Å². The average Bonchev–Trinajstić information content (AvgIpc) is 3.05. The van der Waals surface area contributed by atoms with Gasteiger partial charge in [-0.05, 0) is 24.7 Å². The van der Waals surface area contributed by atoms with Gasteiger partial charge < -0.3 is 11.1 Å². The van der Waals surface area contributed by atoms with Crippen molar-refractivity contribution in [1.82, 2.24) is 20.3 Å². The molecule has 1 unspecified atom stereocenters. The van der Waals surface area contributed by atoms with Crippen molar-refractivity contribution in [3.63, 3.8) is 0 Å². The summed E-state index contributed by atoms with van der Waals surface area (Å²) in [5.74, 6) is 0.977. The molecule has 1 aliphatic carbocycles. The number of amides is 1. The second-order valence-corrected chi connectivity index (χ2v) is 5.36. The lowest BCUT2D eigenvalue weighted by molar-refractivity contribution is -0.121. The maximum atomic E-state index is 11.6. The van der Waals surface area contributed by atoms with E-state index in [1.165, 1.54) is 12.8 Å². The van der Waals surface area contributed by atoms with Gasteiger partial charge in [0.25, 0.3) is 0 Å². The van der Waals surface area contributed by atoms with E-state index < -0.39 is 0 Å². The first-order valence-electron chi connectivity index (χ1n) is 6.48. The quantitative estimate of drug-likeness (QED) is 0.769. The molecule has 1 fully saturated rings. The van der Waals surface area contributed by atoms with Crippen LogP contribution in [-0.2, 0) is 11.3 Å². The van der Waals surface area contributed by atoms with Crippen molar-refractivity contribution in [3.05, 3.63) is 11.9 Å². The van der Waals surface area contributed by atoms with Gasteiger partial charge in [0.15, 0.2) is 0 Å². The van der Waals surface area contributed by atoms with Gasteiger partial charge in [0.2, 0.25) is 5.91 Å². The van der Waals surface area contributed by atoms with Crippen LogP contribution in [0, 0.1) is 11.8 Å². The Morgan fingerprint density at radius 3 is 2.94 bits per heavy atom. The lowest BCUT2D eigenvalue weighted by Crippen LogP contribution is -2.29. The molecule has 0 aliphatic heterocycles. The molecule has 0 aromatic carbocycles. The molecule has 2 rings (SSSR count). The Bertz CT molecular complexity index is 410. The molecule has 3 N–H and O–H groups in total. The molecule has 0 saturated heterocycles. The summed E-state index contributed by atoms with van der Waals surface area (Å²) in [6.45, 7) is 5.06. The van der Waals surface area contributed by atoms with Crippen molar-refractivity contribution in [2.75, 3.05) is 6.54 Å². The zero-order chi connectivity index (χ0) is 13.1. The van der Waals surface area contributed by atoms with Crippen molar-refractivity contribution in [3.8, 4) is 0 Å². The molecule has 1 aliphatic rings. The van der Waals surface area contributed by atoms with Crippen LogP contribution in [0.5, 0.6) is 0 Å². The molecular weight excluding hydrogens is 230 g/mol. The molecule has 1 aromatic rings. The fraction of sp³-hybridized carbons (Fsp3) is 0.750. The molecule has 1 amide bonds. The highest BCUT2D eigenvalue weighted by atomic mass is 16.2. The fourth-order valence-electron chi connectivity index (χ4n) is 1.67. The number of hydrogen-bond donors (Lipinski definition) is 2. The molecule has 0 bridgehead atoms. The summed E-state index contributed by atoms with van der Waals surface area (Å²) in [5.41, 5.74) is 6.71. The van der Waals surface area contributed by atoms with E-state index >= 15 is 0 Å². The second-order valence-electron chi connectivity index (χ2n) is 5.36. The van der Waals surface area contributed by atoms with Crippen LogP contribution in [0.15, 0.2) is 6.20 Å². The zero-order valence-electron chi connectivity index (χ0n) is 11.0. The summed E-state index contributed by atoms with van der Waals surface area (Å²) < 4.78 is 1.54.